The Hall–Kier alpha value is -3.05. The number of hydrogen-bond acceptors (Lipinski definition) is 4. The van der Waals surface area contributed by atoms with E-state index in [4.69, 9.17) is 15.2 Å². The van der Waals surface area contributed by atoms with Gasteiger partial charge in [-0.25, -0.2) is 4.39 Å². The fourth-order valence-electron chi connectivity index (χ4n) is 2.85. The average molecular weight is 425 g/mol. The molecule has 0 aliphatic carbocycles. The van der Waals surface area contributed by atoms with Crippen molar-refractivity contribution in [3.8, 4) is 17.2 Å². The van der Waals surface area contributed by atoms with Gasteiger partial charge in [-0.1, -0.05) is 57.2 Å². The molecule has 3 rings (SSSR count). The first kappa shape index (κ1) is 24.2. The Balaban J connectivity index is 0.00000166. The van der Waals surface area contributed by atoms with E-state index in [0.717, 1.165) is 24.0 Å². The van der Waals surface area contributed by atoms with E-state index in [0.29, 0.717) is 36.9 Å². The Kier molecular flexibility index (Phi) is 10.4. The van der Waals surface area contributed by atoms with Crippen LogP contribution in [0, 0.1) is 5.82 Å². The quantitative estimate of drug-likeness (QED) is 0.363. The minimum atomic E-state index is -0.434. The fourth-order valence-corrected chi connectivity index (χ4v) is 2.85. The highest BCUT2D eigenvalue weighted by atomic mass is 19.1. The third kappa shape index (κ3) is 7.61. The molecule has 5 heteroatoms. The van der Waals surface area contributed by atoms with Gasteiger partial charge in [-0.2, -0.15) is 0 Å². The molecule has 0 unspecified atom stereocenters. The number of nitrogens with one attached hydrogen (secondary N) is 1. The largest absolute Gasteiger partial charge is 0.485 e. The van der Waals surface area contributed by atoms with Crippen molar-refractivity contribution < 1.29 is 13.9 Å². The lowest BCUT2D eigenvalue weighted by Crippen LogP contribution is -2.08. The summed E-state index contributed by atoms with van der Waals surface area (Å²) in [6.07, 6.45) is 1.70. The first-order chi connectivity index (χ1) is 15.2. The summed E-state index contributed by atoms with van der Waals surface area (Å²) in [4.78, 5) is 0. The summed E-state index contributed by atoms with van der Waals surface area (Å²) in [5.41, 5.74) is 8.36. The van der Waals surface area contributed by atoms with Crippen molar-refractivity contribution in [2.24, 2.45) is 5.73 Å². The molecule has 4 nitrogen and oxygen atoms in total. The van der Waals surface area contributed by atoms with Gasteiger partial charge in [-0.05, 0) is 54.8 Å². The van der Waals surface area contributed by atoms with Gasteiger partial charge in [0, 0.05) is 18.3 Å². The number of rotatable bonds is 10. The Morgan fingerprint density at radius 2 is 1.61 bits per heavy atom. The lowest BCUT2D eigenvalue weighted by molar-refractivity contribution is 0.289. The first-order valence-corrected chi connectivity index (χ1v) is 10.9. The van der Waals surface area contributed by atoms with Crippen molar-refractivity contribution in [2.45, 2.75) is 40.2 Å². The van der Waals surface area contributed by atoms with Crippen LogP contribution in [0.15, 0.2) is 66.7 Å². The standard InChI is InChI=1S/C24H27FN2O2.C2H6/c1-2-18-9-11-23(24(15-18)28-17-19-7-4-3-5-8-19)29-22-12-10-20(16-21(22)25)27-14-6-13-26;1-2/h3-5,7-12,15-16,27H,2,6,13-14,17,26H2,1H3;1-2H3. The van der Waals surface area contributed by atoms with Crippen LogP contribution in [0.5, 0.6) is 17.2 Å². The molecule has 0 bridgehead atoms. The summed E-state index contributed by atoms with van der Waals surface area (Å²) in [5, 5.41) is 3.14. The van der Waals surface area contributed by atoms with Crippen LogP contribution in [-0.4, -0.2) is 13.1 Å². The molecule has 0 heterocycles. The Labute approximate surface area is 185 Å². The van der Waals surface area contributed by atoms with Crippen LogP contribution in [0.25, 0.3) is 0 Å². The highest BCUT2D eigenvalue weighted by Gasteiger charge is 2.12. The van der Waals surface area contributed by atoms with E-state index in [1.165, 1.54) is 6.07 Å². The molecule has 0 atom stereocenters. The second-order valence-corrected chi connectivity index (χ2v) is 6.73. The maximum atomic E-state index is 14.5. The Morgan fingerprint density at radius 1 is 0.871 bits per heavy atom. The summed E-state index contributed by atoms with van der Waals surface area (Å²) in [6.45, 7) is 7.78. The molecule has 166 valence electrons. The van der Waals surface area contributed by atoms with Crippen molar-refractivity contribution in [3.63, 3.8) is 0 Å². The predicted octanol–water partition coefficient (Wildman–Crippen LogP) is 6.55. The van der Waals surface area contributed by atoms with Crippen molar-refractivity contribution in [3.05, 3.63) is 83.7 Å². The number of hydrogen-bond donors (Lipinski definition) is 2. The molecule has 3 aromatic carbocycles. The molecule has 3 N–H and O–H groups in total. The molecular weight excluding hydrogens is 391 g/mol. The van der Waals surface area contributed by atoms with E-state index in [-0.39, 0.29) is 5.75 Å². The normalized spacial score (nSPS) is 10.1. The Bertz CT molecular complexity index is 917. The van der Waals surface area contributed by atoms with Gasteiger partial charge in [0.15, 0.2) is 23.1 Å². The summed E-state index contributed by atoms with van der Waals surface area (Å²) in [5.74, 6) is 0.804. The van der Waals surface area contributed by atoms with Crippen LogP contribution < -0.4 is 20.5 Å². The topological polar surface area (TPSA) is 56.5 Å². The average Bonchev–Trinajstić information content (AvgIpc) is 2.82. The molecule has 0 spiro atoms. The van der Waals surface area contributed by atoms with Gasteiger partial charge in [-0.3, -0.25) is 0 Å². The van der Waals surface area contributed by atoms with Gasteiger partial charge in [0.1, 0.15) is 6.61 Å². The zero-order valence-corrected chi connectivity index (χ0v) is 18.7. The fraction of sp³-hybridized carbons (Fsp3) is 0.308. The zero-order chi connectivity index (χ0) is 22.5. The summed E-state index contributed by atoms with van der Waals surface area (Å²) in [6, 6.07) is 20.5. The van der Waals surface area contributed by atoms with Crippen LogP contribution in [-0.2, 0) is 13.0 Å². The molecule has 31 heavy (non-hydrogen) atoms. The van der Waals surface area contributed by atoms with Crippen molar-refractivity contribution >= 4 is 5.69 Å². The summed E-state index contributed by atoms with van der Waals surface area (Å²) >= 11 is 0. The van der Waals surface area contributed by atoms with E-state index >= 15 is 0 Å². The maximum absolute atomic E-state index is 14.5. The van der Waals surface area contributed by atoms with Crippen LogP contribution >= 0.6 is 0 Å². The SMILES string of the molecule is CC.CCc1ccc(Oc2ccc(NCCCN)cc2F)c(OCc2ccccc2)c1. The van der Waals surface area contributed by atoms with E-state index in [1.54, 1.807) is 12.1 Å². The highest BCUT2D eigenvalue weighted by molar-refractivity contribution is 5.50. The van der Waals surface area contributed by atoms with Crippen molar-refractivity contribution in [1.29, 1.82) is 0 Å². The lowest BCUT2D eigenvalue weighted by Gasteiger charge is -2.15. The van der Waals surface area contributed by atoms with Gasteiger partial charge in [-0.15, -0.1) is 0 Å². The third-order valence-corrected chi connectivity index (χ3v) is 4.52. The number of anilines is 1. The maximum Gasteiger partial charge on any atom is 0.169 e. The number of halogens is 1. The zero-order valence-electron chi connectivity index (χ0n) is 18.7. The van der Waals surface area contributed by atoms with Crippen molar-refractivity contribution in [1.82, 2.24) is 0 Å². The molecule has 0 saturated carbocycles. The highest BCUT2D eigenvalue weighted by Crippen LogP contribution is 2.35. The van der Waals surface area contributed by atoms with E-state index in [1.807, 2.05) is 62.4 Å². The van der Waals surface area contributed by atoms with E-state index in [2.05, 4.69) is 12.2 Å². The minimum absolute atomic E-state index is 0.156. The van der Waals surface area contributed by atoms with Gasteiger partial charge in [0.25, 0.3) is 0 Å². The Morgan fingerprint density at radius 3 is 2.29 bits per heavy atom. The summed E-state index contributed by atoms with van der Waals surface area (Å²) in [7, 11) is 0. The smallest absolute Gasteiger partial charge is 0.169 e. The lowest BCUT2D eigenvalue weighted by atomic mass is 10.1. The first-order valence-electron chi connectivity index (χ1n) is 10.9. The number of benzene rings is 3. The molecule has 0 amide bonds. The third-order valence-electron chi connectivity index (χ3n) is 4.52. The van der Waals surface area contributed by atoms with E-state index < -0.39 is 5.82 Å². The van der Waals surface area contributed by atoms with Gasteiger partial charge in [0.05, 0.1) is 0 Å². The van der Waals surface area contributed by atoms with Crippen molar-refractivity contribution in [2.75, 3.05) is 18.4 Å². The molecule has 0 aliphatic rings. The van der Waals surface area contributed by atoms with Gasteiger partial charge in [0.2, 0.25) is 0 Å². The van der Waals surface area contributed by atoms with Crippen LogP contribution in [0.1, 0.15) is 38.3 Å². The minimum Gasteiger partial charge on any atom is -0.485 e. The molecule has 0 aliphatic heterocycles. The number of ether oxygens (including phenoxy) is 2. The molecule has 3 aromatic rings. The van der Waals surface area contributed by atoms with E-state index in [9.17, 15) is 4.39 Å². The molecular formula is C26H33FN2O2. The number of aryl methyl sites for hydroxylation is 1. The predicted molar refractivity (Wildman–Crippen MR) is 127 cm³/mol. The molecule has 0 fully saturated rings. The van der Waals surface area contributed by atoms with Crippen LogP contribution in [0.3, 0.4) is 0 Å². The summed E-state index contributed by atoms with van der Waals surface area (Å²) < 4.78 is 26.4. The monoisotopic (exact) mass is 424 g/mol. The van der Waals surface area contributed by atoms with Crippen LogP contribution in [0.2, 0.25) is 0 Å². The molecule has 0 aromatic heterocycles. The second kappa shape index (κ2) is 13.3. The van der Waals surface area contributed by atoms with Crippen LogP contribution in [0.4, 0.5) is 10.1 Å². The molecule has 0 radical (unpaired) electrons. The number of nitrogens with two attached hydrogens (primary N) is 1. The molecule has 0 saturated heterocycles. The second-order valence-electron chi connectivity index (χ2n) is 6.73. The van der Waals surface area contributed by atoms with Gasteiger partial charge < -0.3 is 20.5 Å². The van der Waals surface area contributed by atoms with Gasteiger partial charge >= 0.3 is 0 Å².